The van der Waals surface area contributed by atoms with Gasteiger partial charge < -0.3 is 9.67 Å². The van der Waals surface area contributed by atoms with Crippen molar-refractivity contribution in [2.75, 3.05) is 0 Å². The van der Waals surface area contributed by atoms with Gasteiger partial charge in [-0.2, -0.15) is 13.2 Å². The van der Waals surface area contributed by atoms with Crippen molar-refractivity contribution in [3.63, 3.8) is 0 Å². The molecule has 0 aliphatic heterocycles. The normalized spacial score (nSPS) is 11.8. The number of aromatic nitrogens is 1. The van der Waals surface area contributed by atoms with Crippen molar-refractivity contribution < 1.29 is 23.1 Å². The van der Waals surface area contributed by atoms with Crippen LogP contribution in [0.3, 0.4) is 0 Å². The summed E-state index contributed by atoms with van der Waals surface area (Å²) in [6.45, 7) is 0.336. The van der Waals surface area contributed by atoms with Crippen molar-refractivity contribution in [2.45, 2.75) is 32.0 Å². The van der Waals surface area contributed by atoms with Gasteiger partial charge in [-0.25, -0.2) is 0 Å². The molecule has 2 aromatic rings. The van der Waals surface area contributed by atoms with Gasteiger partial charge in [0.2, 0.25) is 0 Å². The van der Waals surface area contributed by atoms with E-state index in [0.717, 1.165) is 12.1 Å². The fourth-order valence-electron chi connectivity index (χ4n) is 2.20. The Labute approximate surface area is 123 Å². The van der Waals surface area contributed by atoms with Crippen molar-refractivity contribution in [3.05, 3.63) is 46.4 Å². The molecule has 0 radical (unpaired) electrons. The monoisotopic (exact) mass is 313 g/mol. The van der Waals surface area contributed by atoms with Gasteiger partial charge >= 0.3 is 12.1 Å². The SMILES string of the molecule is O=C(O)CCCCn1ccc2cc(C(F)(F)F)ccc2c1=O. The highest BCUT2D eigenvalue weighted by molar-refractivity contribution is 5.82. The predicted octanol–water partition coefficient (Wildman–Crippen LogP) is 3.28. The minimum Gasteiger partial charge on any atom is -0.481 e. The van der Waals surface area contributed by atoms with Gasteiger partial charge in [0.15, 0.2) is 0 Å². The maximum atomic E-state index is 12.6. The highest BCUT2D eigenvalue weighted by Gasteiger charge is 2.30. The summed E-state index contributed by atoms with van der Waals surface area (Å²) in [5.41, 5.74) is -1.17. The molecule has 0 fully saturated rings. The number of alkyl halides is 3. The molecule has 0 aliphatic carbocycles. The lowest BCUT2D eigenvalue weighted by Crippen LogP contribution is -2.20. The van der Waals surface area contributed by atoms with Crippen molar-refractivity contribution in [1.82, 2.24) is 4.57 Å². The average Bonchev–Trinajstić information content (AvgIpc) is 2.44. The first-order chi connectivity index (χ1) is 10.3. The summed E-state index contributed by atoms with van der Waals surface area (Å²) in [6, 6.07) is 4.47. The van der Waals surface area contributed by atoms with E-state index < -0.39 is 17.7 Å². The summed E-state index contributed by atoms with van der Waals surface area (Å²) in [5, 5.41) is 8.99. The minimum absolute atomic E-state index is 0.0251. The number of benzene rings is 1. The van der Waals surface area contributed by atoms with Gasteiger partial charge in [0.25, 0.3) is 5.56 Å². The Morgan fingerprint density at radius 1 is 1.18 bits per heavy atom. The van der Waals surface area contributed by atoms with Crippen molar-refractivity contribution in [3.8, 4) is 0 Å². The largest absolute Gasteiger partial charge is 0.481 e. The molecule has 1 N–H and O–H groups in total. The zero-order valence-electron chi connectivity index (χ0n) is 11.6. The topological polar surface area (TPSA) is 59.3 Å². The zero-order valence-corrected chi connectivity index (χ0v) is 11.6. The molecule has 1 aromatic heterocycles. The predicted molar refractivity (Wildman–Crippen MR) is 74.7 cm³/mol. The van der Waals surface area contributed by atoms with E-state index in [0.29, 0.717) is 19.4 Å². The summed E-state index contributed by atoms with van der Waals surface area (Å²) in [5.74, 6) is -0.898. The molecule has 1 heterocycles. The second kappa shape index (κ2) is 6.21. The molecule has 0 unspecified atom stereocenters. The molecular weight excluding hydrogens is 299 g/mol. The van der Waals surface area contributed by atoms with Crippen LogP contribution in [0.1, 0.15) is 24.8 Å². The molecule has 0 atom stereocenters. The van der Waals surface area contributed by atoms with Gasteiger partial charge in [0, 0.05) is 24.5 Å². The number of carbonyl (C=O) groups is 1. The van der Waals surface area contributed by atoms with Crippen LogP contribution in [0.15, 0.2) is 35.3 Å². The lowest BCUT2D eigenvalue weighted by molar-refractivity contribution is -0.138. The second-order valence-corrected chi connectivity index (χ2v) is 4.96. The highest BCUT2D eigenvalue weighted by Crippen LogP contribution is 2.30. The van der Waals surface area contributed by atoms with Crippen LogP contribution in [0.4, 0.5) is 13.2 Å². The number of unbranched alkanes of at least 4 members (excludes halogenated alkanes) is 1. The summed E-state index contributed by atoms with van der Waals surface area (Å²) in [6.07, 6.45) is -2.03. The van der Waals surface area contributed by atoms with Gasteiger partial charge in [-0.15, -0.1) is 0 Å². The standard InChI is InChI=1S/C15H14F3NO3/c16-15(17,18)11-4-5-12-10(9-11)6-8-19(14(12)22)7-2-1-3-13(20)21/h4-6,8-9H,1-3,7H2,(H,20,21). The molecule has 2 rings (SSSR count). The fourth-order valence-corrected chi connectivity index (χ4v) is 2.20. The third-order valence-corrected chi connectivity index (χ3v) is 3.34. The smallest absolute Gasteiger partial charge is 0.416 e. The number of hydrogen-bond acceptors (Lipinski definition) is 2. The molecule has 118 valence electrons. The first-order valence-corrected chi connectivity index (χ1v) is 6.71. The lowest BCUT2D eigenvalue weighted by Gasteiger charge is -2.10. The molecule has 1 aromatic carbocycles. The van der Waals surface area contributed by atoms with Gasteiger partial charge in [0.1, 0.15) is 0 Å². The van der Waals surface area contributed by atoms with E-state index in [4.69, 9.17) is 5.11 Å². The Morgan fingerprint density at radius 3 is 2.55 bits per heavy atom. The molecule has 0 spiro atoms. The molecule has 4 nitrogen and oxygen atoms in total. The molecule has 0 amide bonds. The molecule has 0 saturated carbocycles. The molecule has 22 heavy (non-hydrogen) atoms. The zero-order chi connectivity index (χ0) is 16.3. The van der Waals surface area contributed by atoms with E-state index in [-0.39, 0.29) is 22.8 Å². The number of carboxylic acids is 1. The van der Waals surface area contributed by atoms with Crippen LogP contribution in [0, 0.1) is 0 Å². The average molecular weight is 313 g/mol. The van der Waals surface area contributed by atoms with Crippen LogP contribution in [-0.2, 0) is 17.5 Å². The van der Waals surface area contributed by atoms with Gasteiger partial charge in [-0.05, 0) is 42.5 Å². The fraction of sp³-hybridized carbons (Fsp3) is 0.333. The van der Waals surface area contributed by atoms with Gasteiger partial charge in [-0.1, -0.05) is 0 Å². The first-order valence-electron chi connectivity index (χ1n) is 6.71. The van der Waals surface area contributed by atoms with E-state index in [1.165, 1.54) is 22.9 Å². The Kier molecular flexibility index (Phi) is 4.54. The Balaban J connectivity index is 2.23. The van der Waals surface area contributed by atoms with E-state index in [9.17, 15) is 22.8 Å². The number of fused-ring (bicyclic) bond motifs is 1. The van der Waals surface area contributed by atoms with Gasteiger partial charge in [-0.3, -0.25) is 9.59 Å². The van der Waals surface area contributed by atoms with Crippen molar-refractivity contribution in [2.24, 2.45) is 0 Å². The molecule has 0 aliphatic rings. The second-order valence-electron chi connectivity index (χ2n) is 4.96. The summed E-state index contributed by atoms with van der Waals surface area (Å²) < 4.78 is 39.3. The lowest BCUT2D eigenvalue weighted by atomic mass is 10.1. The highest BCUT2D eigenvalue weighted by atomic mass is 19.4. The molecule has 7 heteroatoms. The third kappa shape index (κ3) is 3.66. The van der Waals surface area contributed by atoms with Crippen LogP contribution in [0.5, 0.6) is 0 Å². The quantitative estimate of drug-likeness (QED) is 0.862. The third-order valence-electron chi connectivity index (χ3n) is 3.34. The Bertz CT molecular complexity index is 750. The number of halogens is 3. The Morgan fingerprint density at radius 2 is 1.91 bits per heavy atom. The van der Waals surface area contributed by atoms with E-state index in [2.05, 4.69) is 0 Å². The number of nitrogens with zero attached hydrogens (tertiary/aromatic N) is 1. The molecular formula is C15H14F3NO3. The minimum atomic E-state index is -4.44. The van der Waals surface area contributed by atoms with Gasteiger partial charge in [0.05, 0.1) is 5.56 Å². The van der Waals surface area contributed by atoms with Crippen LogP contribution >= 0.6 is 0 Å². The molecule has 0 saturated heterocycles. The van der Waals surface area contributed by atoms with Crippen LogP contribution in [0.2, 0.25) is 0 Å². The van der Waals surface area contributed by atoms with Crippen molar-refractivity contribution in [1.29, 1.82) is 0 Å². The summed E-state index contributed by atoms with van der Waals surface area (Å²) >= 11 is 0. The van der Waals surface area contributed by atoms with E-state index in [1.54, 1.807) is 0 Å². The first kappa shape index (κ1) is 16.1. The number of aryl methyl sites for hydroxylation is 1. The van der Waals surface area contributed by atoms with Crippen LogP contribution in [0.25, 0.3) is 10.8 Å². The van der Waals surface area contributed by atoms with E-state index in [1.807, 2.05) is 0 Å². The number of hydrogen-bond donors (Lipinski definition) is 1. The number of carboxylic acid groups (broad SMARTS) is 1. The van der Waals surface area contributed by atoms with Crippen LogP contribution < -0.4 is 5.56 Å². The maximum Gasteiger partial charge on any atom is 0.416 e. The summed E-state index contributed by atoms with van der Waals surface area (Å²) in [4.78, 5) is 22.6. The molecule has 0 bridgehead atoms. The van der Waals surface area contributed by atoms with Crippen molar-refractivity contribution >= 4 is 16.7 Å². The number of pyridine rings is 1. The Hall–Kier alpha value is -2.31. The summed E-state index contributed by atoms with van der Waals surface area (Å²) in [7, 11) is 0. The number of aliphatic carboxylic acids is 1. The van der Waals surface area contributed by atoms with E-state index >= 15 is 0 Å². The number of rotatable bonds is 5. The maximum absolute atomic E-state index is 12.6. The van der Waals surface area contributed by atoms with Crippen LogP contribution in [-0.4, -0.2) is 15.6 Å².